The third-order valence-corrected chi connectivity index (χ3v) is 5.52. The van der Waals surface area contributed by atoms with Crippen LogP contribution in [0.25, 0.3) is 0 Å². The van der Waals surface area contributed by atoms with E-state index in [1.54, 1.807) is 18.2 Å². The van der Waals surface area contributed by atoms with E-state index in [2.05, 4.69) is 4.72 Å². The molecule has 0 bridgehead atoms. The summed E-state index contributed by atoms with van der Waals surface area (Å²) >= 11 is 1.87. The van der Waals surface area contributed by atoms with Gasteiger partial charge in [-0.05, 0) is 36.0 Å². The van der Waals surface area contributed by atoms with Crippen LogP contribution in [-0.2, 0) is 10.0 Å². The summed E-state index contributed by atoms with van der Waals surface area (Å²) in [4.78, 5) is 0.172. The number of hydrogen-bond donors (Lipinski definition) is 2. The van der Waals surface area contributed by atoms with Gasteiger partial charge in [-0.25, -0.2) is 13.1 Å². The molecule has 1 atom stereocenters. The average molecular weight is 272 g/mol. The summed E-state index contributed by atoms with van der Waals surface area (Å²) in [5.74, 6) is 2.60. The molecule has 0 aliphatic carbocycles. The number of para-hydroxylation sites is 1. The van der Waals surface area contributed by atoms with Crippen molar-refractivity contribution >= 4 is 27.5 Å². The van der Waals surface area contributed by atoms with E-state index in [-0.39, 0.29) is 4.90 Å². The van der Waals surface area contributed by atoms with Crippen LogP contribution in [0.15, 0.2) is 29.2 Å². The van der Waals surface area contributed by atoms with Crippen LogP contribution in [-0.4, -0.2) is 26.5 Å². The minimum atomic E-state index is -3.46. The number of nitrogens with two attached hydrogens (primary N) is 1. The first-order chi connectivity index (χ1) is 8.09. The van der Waals surface area contributed by atoms with Crippen LogP contribution in [0, 0.1) is 5.92 Å². The maximum Gasteiger partial charge on any atom is 0.242 e. The minimum absolute atomic E-state index is 0.172. The molecule has 6 heteroatoms. The topological polar surface area (TPSA) is 72.2 Å². The van der Waals surface area contributed by atoms with Crippen LogP contribution in [0.1, 0.15) is 6.42 Å². The first-order valence-electron chi connectivity index (χ1n) is 5.51. The predicted octanol–water partition coefficient (Wildman–Crippen LogP) is 1.30. The van der Waals surface area contributed by atoms with Gasteiger partial charge < -0.3 is 5.73 Å². The highest BCUT2D eigenvalue weighted by atomic mass is 32.2. The minimum Gasteiger partial charge on any atom is -0.398 e. The fraction of sp³-hybridized carbons (Fsp3) is 0.455. The maximum absolute atomic E-state index is 12.0. The quantitative estimate of drug-likeness (QED) is 0.810. The normalized spacial score (nSPS) is 20.6. The van der Waals surface area contributed by atoms with Gasteiger partial charge in [0.15, 0.2) is 0 Å². The van der Waals surface area contributed by atoms with Crippen LogP contribution in [0.4, 0.5) is 5.69 Å². The largest absolute Gasteiger partial charge is 0.398 e. The number of benzene rings is 1. The molecular weight excluding hydrogens is 256 g/mol. The van der Waals surface area contributed by atoms with Gasteiger partial charge in [0.1, 0.15) is 4.90 Å². The van der Waals surface area contributed by atoms with Crippen LogP contribution in [0.5, 0.6) is 0 Å². The zero-order chi connectivity index (χ0) is 12.3. The van der Waals surface area contributed by atoms with E-state index in [0.717, 1.165) is 17.9 Å². The summed E-state index contributed by atoms with van der Waals surface area (Å²) in [5.41, 5.74) is 5.96. The Labute approximate surface area is 106 Å². The Balaban J connectivity index is 2.06. The molecule has 0 saturated carbocycles. The summed E-state index contributed by atoms with van der Waals surface area (Å²) in [6, 6.07) is 6.53. The molecule has 1 aliphatic rings. The maximum atomic E-state index is 12.0. The molecule has 4 nitrogen and oxygen atoms in total. The average Bonchev–Trinajstić information content (AvgIpc) is 2.80. The van der Waals surface area contributed by atoms with Gasteiger partial charge in [0, 0.05) is 6.54 Å². The van der Waals surface area contributed by atoms with Crippen molar-refractivity contribution in [3.05, 3.63) is 24.3 Å². The number of sulfonamides is 1. The standard InChI is InChI=1S/C11H16N2O2S2/c12-10-3-1-2-4-11(10)17(14,15)13-7-9-5-6-16-8-9/h1-4,9,13H,5-8,12H2. The monoisotopic (exact) mass is 272 g/mol. The Morgan fingerprint density at radius 1 is 1.41 bits per heavy atom. The molecule has 0 spiro atoms. The zero-order valence-corrected chi connectivity index (χ0v) is 11.1. The number of hydrogen-bond acceptors (Lipinski definition) is 4. The van der Waals surface area contributed by atoms with Gasteiger partial charge in [-0.15, -0.1) is 0 Å². The van der Waals surface area contributed by atoms with E-state index >= 15 is 0 Å². The Hall–Kier alpha value is -0.720. The van der Waals surface area contributed by atoms with Gasteiger partial charge >= 0.3 is 0 Å². The number of rotatable bonds is 4. The first kappa shape index (κ1) is 12.7. The van der Waals surface area contributed by atoms with E-state index < -0.39 is 10.0 Å². The third kappa shape index (κ3) is 3.14. The number of thioether (sulfide) groups is 1. The fourth-order valence-electron chi connectivity index (χ4n) is 1.77. The predicted molar refractivity (Wildman–Crippen MR) is 71.5 cm³/mol. The lowest BCUT2D eigenvalue weighted by molar-refractivity contribution is 0.546. The van der Waals surface area contributed by atoms with Gasteiger partial charge in [0.05, 0.1) is 5.69 Å². The smallest absolute Gasteiger partial charge is 0.242 e. The van der Waals surface area contributed by atoms with Crippen LogP contribution >= 0.6 is 11.8 Å². The van der Waals surface area contributed by atoms with Crippen molar-refractivity contribution in [1.29, 1.82) is 0 Å². The van der Waals surface area contributed by atoms with E-state index in [0.29, 0.717) is 18.2 Å². The SMILES string of the molecule is Nc1ccccc1S(=O)(=O)NCC1CCSC1. The van der Waals surface area contributed by atoms with Crippen LogP contribution in [0.2, 0.25) is 0 Å². The van der Waals surface area contributed by atoms with E-state index in [9.17, 15) is 8.42 Å². The highest BCUT2D eigenvalue weighted by Gasteiger charge is 2.21. The van der Waals surface area contributed by atoms with Crippen LogP contribution < -0.4 is 10.5 Å². The van der Waals surface area contributed by atoms with Crippen molar-refractivity contribution in [2.24, 2.45) is 5.92 Å². The summed E-state index contributed by atoms with van der Waals surface area (Å²) in [6.45, 7) is 0.504. The molecular formula is C11H16N2O2S2. The molecule has 0 aromatic heterocycles. The Morgan fingerprint density at radius 3 is 2.82 bits per heavy atom. The van der Waals surface area contributed by atoms with Crippen LogP contribution in [0.3, 0.4) is 0 Å². The molecule has 1 heterocycles. The molecule has 1 aromatic carbocycles. The Bertz CT molecular complexity index is 482. The number of nitrogens with one attached hydrogen (secondary N) is 1. The molecule has 94 valence electrons. The lowest BCUT2D eigenvalue weighted by Crippen LogP contribution is -2.29. The number of anilines is 1. The summed E-state index contributed by atoms with van der Waals surface area (Å²) in [5, 5.41) is 0. The van der Waals surface area contributed by atoms with Crippen molar-refractivity contribution in [1.82, 2.24) is 4.72 Å². The second kappa shape index (κ2) is 5.29. The van der Waals surface area contributed by atoms with Crippen molar-refractivity contribution < 1.29 is 8.42 Å². The first-order valence-corrected chi connectivity index (χ1v) is 8.15. The Morgan fingerprint density at radius 2 is 2.18 bits per heavy atom. The van der Waals surface area contributed by atoms with Crippen molar-refractivity contribution in [2.75, 3.05) is 23.8 Å². The summed E-state index contributed by atoms with van der Waals surface area (Å²) in [6.07, 6.45) is 1.08. The van der Waals surface area contributed by atoms with E-state index in [1.165, 1.54) is 6.07 Å². The molecule has 0 amide bonds. The number of nitrogen functional groups attached to an aromatic ring is 1. The van der Waals surface area contributed by atoms with Crippen molar-refractivity contribution in [3.63, 3.8) is 0 Å². The van der Waals surface area contributed by atoms with Gasteiger partial charge in [-0.2, -0.15) is 11.8 Å². The molecule has 1 fully saturated rings. The van der Waals surface area contributed by atoms with Gasteiger partial charge in [0.2, 0.25) is 10.0 Å². The van der Waals surface area contributed by atoms with Gasteiger partial charge in [0.25, 0.3) is 0 Å². The third-order valence-electron chi connectivity index (χ3n) is 2.79. The van der Waals surface area contributed by atoms with Crippen molar-refractivity contribution in [2.45, 2.75) is 11.3 Å². The van der Waals surface area contributed by atoms with Crippen molar-refractivity contribution in [3.8, 4) is 0 Å². The fourth-order valence-corrected chi connectivity index (χ4v) is 4.31. The van der Waals surface area contributed by atoms with E-state index in [1.807, 2.05) is 11.8 Å². The summed E-state index contributed by atoms with van der Waals surface area (Å²) < 4.78 is 26.7. The molecule has 3 N–H and O–H groups in total. The molecule has 1 unspecified atom stereocenters. The molecule has 1 saturated heterocycles. The lowest BCUT2D eigenvalue weighted by Gasteiger charge is -2.11. The lowest BCUT2D eigenvalue weighted by atomic mass is 10.1. The molecule has 1 aliphatic heterocycles. The van der Waals surface area contributed by atoms with Gasteiger partial charge in [-0.1, -0.05) is 12.1 Å². The second-order valence-corrected chi connectivity index (χ2v) is 7.00. The molecule has 2 rings (SSSR count). The zero-order valence-electron chi connectivity index (χ0n) is 9.43. The second-order valence-electron chi connectivity index (χ2n) is 4.12. The summed E-state index contributed by atoms with van der Waals surface area (Å²) in [7, 11) is -3.46. The van der Waals surface area contributed by atoms with E-state index in [4.69, 9.17) is 5.73 Å². The highest BCUT2D eigenvalue weighted by molar-refractivity contribution is 7.99. The van der Waals surface area contributed by atoms with Gasteiger partial charge in [-0.3, -0.25) is 0 Å². The molecule has 17 heavy (non-hydrogen) atoms. The molecule has 0 radical (unpaired) electrons. The Kier molecular flexibility index (Phi) is 3.96. The highest BCUT2D eigenvalue weighted by Crippen LogP contribution is 2.23. The molecule has 1 aromatic rings.